The topological polar surface area (TPSA) is 64.3 Å². The van der Waals surface area contributed by atoms with Crippen LogP contribution in [0.3, 0.4) is 0 Å². The van der Waals surface area contributed by atoms with Gasteiger partial charge in [0.05, 0.1) is 12.5 Å². The standard InChI is InChI=1S/C8H14N2O2/c1-2-12-10-8(11)6-3-4-7(9)5-6/h3-4,6-7H,2,5,9H2,1H3,(H,10,11). The molecule has 4 nitrogen and oxygen atoms in total. The van der Waals surface area contributed by atoms with Gasteiger partial charge in [0, 0.05) is 6.04 Å². The van der Waals surface area contributed by atoms with Gasteiger partial charge in [-0.2, -0.15) is 0 Å². The number of hydroxylamine groups is 1. The van der Waals surface area contributed by atoms with E-state index in [4.69, 9.17) is 10.6 Å². The lowest BCUT2D eigenvalue weighted by Crippen LogP contribution is -2.30. The lowest BCUT2D eigenvalue weighted by atomic mass is 10.1. The molecule has 3 N–H and O–H groups in total. The molecule has 0 heterocycles. The second kappa shape index (κ2) is 4.23. The van der Waals surface area contributed by atoms with Crippen LogP contribution in [-0.4, -0.2) is 18.6 Å². The van der Waals surface area contributed by atoms with Gasteiger partial charge in [-0.05, 0) is 13.3 Å². The molecular weight excluding hydrogens is 156 g/mol. The quantitative estimate of drug-likeness (QED) is 0.461. The molecule has 4 heteroatoms. The largest absolute Gasteiger partial charge is 0.324 e. The fourth-order valence-electron chi connectivity index (χ4n) is 1.14. The molecule has 0 bridgehead atoms. The molecule has 1 aliphatic carbocycles. The summed E-state index contributed by atoms with van der Waals surface area (Å²) in [7, 11) is 0. The Kier molecular flexibility index (Phi) is 3.25. The predicted octanol–water partition coefficient (Wildman–Crippen LogP) is -0.0425. The van der Waals surface area contributed by atoms with E-state index in [-0.39, 0.29) is 17.9 Å². The predicted molar refractivity (Wildman–Crippen MR) is 45.0 cm³/mol. The molecule has 0 saturated carbocycles. The Morgan fingerprint density at radius 3 is 3.00 bits per heavy atom. The molecule has 1 aliphatic rings. The van der Waals surface area contributed by atoms with Gasteiger partial charge in [-0.25, -0.2) is 5.48 Å². The van der Waals surface area contributed by atoms with E-state index in [1.807, 2.05) is 19.1 Å². The van der Waals surface area contributed by atoms with Gasteiger partial charge in [0.2, 0.25) is 0 Å². The number of hydrogen-bond acceptors (Lipinski definition) is 3. The van der Waals surface area contributed by atoms with Crippen LogP contribution in [0.1, 0.15) is 13.3 Å². The van der Waals surface area contributed by atoms with Crippen LogP contribution >= 0.6 is 0 Å². The van der Waals surface area contributed by atoms with Crippen molar-refractivity contribution < 1.29 is 9.63 Å². The first kappa shape index (κ1) is 9.22. The van der Waals surface area contributed by atoms with E-state index in [0.29, 0.717) is 13.0 Å². The van der Waals surface area contributed by atoms with Crippen molar-refractivity contribution in [1.82, 2.24) is 5.48 Å². The van der Waals surface area contributed by atoms with E-state index in [9.17, 15) is 4.79 Å². The fraction of sp³-hybridized carbons (Fsp3) is 0.625. The third-order valence-corrected chi connectivity index (χ3v) is 1.77. The van der Waals surface area contributed by atoms with Crippen molar-refractivity contribution in [2.45, 2.75) is 19.4 Å². The zero-order valence-electron chi connectivity index (χ0n) is 7.12. The molecule has 0 aliphatic heterocycles. The van der Waals surface area contributed by atoms with E-state index < -0.39 is 0 Å². The molecule has 0 aromatic heterocycles. The van der Waals surface area contributed by atoms with Crippen LogP contribution in [0.15, 0.2) is 12.2 Å². The molecule has 0 fully saturated rings. The maximum atomic E-state index is 11.2. The number of carbonyl (C=O) groups is 1. The maximum Gasteiger partial charge on any atom is 0.250 e. The molecule has 0 spiro atoms. The highest BCUT2D eigenvalue weighted by Gasteiger charge is 2.22. The van der Waals surface area contributed by atoms with E-state index in [1.54, 1.807) is 0 Å². The molecular formula is C8H14N2O2. The highest BCUT2D eigenvalue weighted by molar-refractivity contribution is 5.80. The van der Waals surface area contributed by atoms with Crippen molar-refractivity contribution in [2.75, 3.05) is 6.61 Å². The molecule has 0 aromatic rings. The minimum atomic E-state index is -0.119. The van der Waals surface area contributed by atoms with Crippen LogP contribution in [-0.2, 0) is 9.63 Å². The summed E-state index contributed by atoms with van der Waals surface area (Å²) in [6, 6.07) is 0.0161. The summed E-state index contributed by atoms with van der Waals surface area (Å²) < 4.78 is 0. The van der Waals surface area contributed by atoms with Crippen LogP contribution in [0.2, 0.25) is 0 Å². The Morgan fingerprint density at radius 1 is 1.75 bits per heavy atom. The maximum absolute atomic E-state index is 11.2. The lowest BCUT2D eigenvalue weighted by molar-refractivity contribution is -0.135. The third-order valence-electron chi connectivity index (χ3n) is 1.77. The van der Waals surface area contributed by atoms with Gasteiger partial charge in [0.1, 0.15) is 0 Å². The van der Waals surface area contributed by atoms with Crippen molar-refractivity contribution in [2.24, 2.45) is 11.7 Å². The Balaban J connectivity index is 2.29. The van der Waals surface area contributed by atoms with Gasteiger partial charge in [-0.3, -0.25) is 9.63 Å². The van der Waals surface area contributed by atoms with Crippen molar-refractivity contribution in [3.63, 3.8) is 0 Å². The van der Waals surface area contributed by atoms with Gasteiger partial charge in [0.15, 0.2) is 0 Å². The number of nitrogens with one attached hydrogen (secondary N) is 1. The number of hydrogen-bond donors (Lipinski definition) is 2. The lowest BCUT2D eigenvalue weighted by Gasteiger charge is -2.08. The van der Waals surface area contributed by atoms with Gasteiger partial charge in [-0.1, -0.05) is 12.2 Å². The first-order valence-corrected chi connectivity index (χ1v) is 4.09. The van der Waals surface area contributed by atoms with Crippen molar-refractivity contribution in [3.05, 3.63) is 12.2 Å². The summed E-state index contributed by atoms with van der Waals surface area (Å²) in [6.45, 7) is 2.30. The highest BCUT2D eigenvalue weighted by Crippen LogP contribution is 2.15. The SMILES string of the molecule is CCONC(=O)C1C=CC(N)C1. The van der Waals surface area contributed by atoms with Gasteiger partial charge < -0.3 is 5.73 Å². The molecule has 0 aromatic carbocycles. The average molecular weight is 170 g/mol. The molecule has 12 heavy (non-hydrogen) atoms. The number of carbonyl (C=O) groups excluding carboxylic acids is 1. The van der Waals surface area contributed by atoms with E-state index in [2.05, 4.69) is 5.48 Å². The summed E-state index contributed by atoms with van der Waals surface area (Å²) in [5.41, 5.74) is 7.93. The van der Waals surface area contributed by atoms with Crippen LogP contribution in [0.4, 0.5) is 0 Å². The number of rotatable bonds is 3. The summed E-state index contributed by atoms with van der Waals surface area (Å²) in [5, 5.41) is 0. The number of nitrogens with two attached hydrogens (primary N) is 1. The molecule has 68 valence electrons. The smallest absolute Gasteiger partial charge is 0.250 e. The third kappa shape index (κ3) is 2.32. The average Bonchev–Trinajstić information content (AvgIpc) is 2.47. The Bertz CT molecular complexity index is 191. The fourth-order valence-corrected chi connectivity index (χ4v) is 1.14. The van der Waals surface area contributed by atoms with Crippen LogP contribution in [0.5, 0.6) is 0 Å². The van der Waals surface area contributed by atoms with Crippen LogP contribution in [0, 0.1) is 5.92 Å². The second-order valence-corrected chi connectivity index (χ2v) is 2.79. The Labute approximate surface area is 71.7 Å². The minimum Gasteiger partial charge on any atom is -0.324 e. The summed E-state index contributed by atoms with van der Waals surface area (Å²) in [6.07, 6.45) is 4.34. The van der Waals surface area contributed by atoms with Gasteiger partial charge in [-0.15, -0.1) is 0 Å². The number of amides is 1. The van der Waals surface area contributed by atoms with E-state index in [0.717, 1.165) is 0 Å². The molecule has 2 unspecified atom stereocenters. The van der Waals surface area contributed by atoms with Crippen molar-refractivity contribution in [3.8, 4) is 0 Å². The molecule has 2 atom stereocenters. The zero-order valence-corrected chi connectivity index (χ0v) is 7.12. The summed E-state index contributed by atoms with van der Waals surface area (Å²) in [4.78, 5) is 16.0. The summed E-state index contributed by atoms with van der Waals surface area (Å²) >= 11 is 0. The minimum absolute atomic E-state index is 0.0161. The van der Waals surface area contributed by atoms with Gasteiger partial charge in [0.25, 0.3) is 5.91 Å². The van der Waals surface area contributed by atoms with E-state index in [1.165, 1.54) is 0 Å². The first-order valence-electron chi connectivity index (χ1n) is 4.09. The molecule has 0 saturated heterocycles. The zero-order chi connectivity index (χ0) is 8.97. The first-order chi connectivity index (χ1) is 5.74. The summed E-state index contributed by atoms with van der Waals surface area (Å²) in [5.74, 6) is -0.229. The highest BCUT2D eigenvalue weighted by atomic mass is 16.6. The second-order valence-electron chi connectivity index (χ2n) is 2.79. The van der Waals surface area contributed by atoms with Crippen molar-refractivity contribution >= 4 is 5.91 Å². The molecule has 0 radical (unpaired) electrons. The Morgan fingerprint density at radius 2 is 2.50 bits per heavy atom. The van der Waals surface area contributed by atoms with Crippen LogP contribution < -0.4 is 11.2 Å². The van der Waals surface area contributed by atoms with Crippen molar-refractivity contribution in [1.29, 1.82) is 0 Å². The molecule has 1 amide bonds. The monoisotopic (exact) mass is 170 g/mol. The van der Waals surface area contributed by atoms with Gasteiger partial charge >= 0.3 is 0 Å². The van der Waals surface area contributed by atoms with Crippen LogP contribution in [0.25, 0.3) is 0 Å². The normalized spacial score (nSPS) is 27.5. The Hall–Kier alpha value is -0.870. The van der Waals surface area contributed by atoms with E-state index >= 15 is 0 Å². The molecule has 1 rings (SSSR count).